The predicted molar refractivity (Wildman–Crippen MR) is 83.0 cm³/mol. The first-order chi connectivity index (χ1) is 10.0. The van der Waals surface area contributed by atoms with Gasteiger partial charge in [-0.2, -0.15) is 0 Å². The predicted octanol–water partition coefficient (Wildman–Crippen LogP) is 2.17. The van der Waals surface area contributed by atoms with E-state index in [0.29, 0.717) is 24.1 Å². The maximum absolute atomic E-state index is 11.4. The standard InChI is InChI=1S/C15H22N4O2/c1-11(2)18(3)9-6-8-16-14-13(15(20)21)19-10-5-4-7-12(19)17-14/h4-5,7,10-11,16H,6,8-9H2,1-3H3,(H,20,21). The highest BCUT2D eigenvalue weighted by Gasteiger charge is 2.17. The van der Waals surface area contributed by atoms with Gasteiger partial charge in [-0.3, -0.25) is 4.40 Å². The summed E-state index contributed by atoms with van der Waals surface area (Å²) in [6.07, 6.45) is 2.64. The second-order valence-electron chi connectivity index (χ2n) is 5.40. The van der Waals surface area contributed by atoms with Crippen molar-refractivity contribution in [1.29, 1.82) is 0 Å². The third-order valence-corrected chi connectivity index (χ3v) is 3.59. The lowest BCUT2D eigenvalue weighted by Gasteiger charge is -2.20. The lowest BCUT2D eigenvalue weighted by atomic mass is 10.3. The van der Waals surface area contributed by atoms with Gasteiger partial charge in [-0.1, -0.05) is 6.07 Å². The minimum Gasteiger partial charge on any atom is -0.476 e. The van der Waals surface area contributed by atoms with E-state index in [9.17, 15) is 9.90 Å². The summed E-state index contributed by atoms with van der Waals surface area (Å²) in [5, 5.41) is 12.5. The van der Waals surface area contributed by atoms with Crippen LogP contribution in [0.15, 0.2) is 24.4 Å². The zero-order valence-electron chi connectivity index (χ0n) is 12.7. The van der Waals surface area contributed by atoms with Crippen LogP contribution < -0.4 is 5.32 Å². The van der Waals surface area contributed by atoms with Crippen molar-refractivity contribution in [1.82, 2.24) is 14.3 Å². The molecule has 0 aromatic carbocycles. The first-order valence-electron chi connectivity index (χ1n) is 7.15. The van der Waals surface area contributed by atoms with Crippen LogP contribution in [-0.4, -0.2) is 51.5 Å². The Hall–Kier alpha value is -2.08. The molecule has 114 valence electrons. The molecular weight excluding hydrogens is 268 g/mol. The van der Waals surface area contributed by atoms with E-state index in [2.05, 4.69) is 36.1 Å². The third-order valence-electron chi connectivity index (χ3n) is 3.59. The Morgan fingerprint density at radius 2 is 2.24 bits per heavy atom. The number of nitrogens with zero attached hydrogens (tertiary/aromatic N) is 3. The number of hydrogen-bond donors (Lipinski definition) is 2. The van der Waals surface area contributed by atoms with E-state index in [1.807, 2.05) is 6.07 Å². The van der Waals surface area contributed by atoms with Crippen molar-refractivity contribution in [2.24, 2.45) is 0 Å². The molecule has 21 heavy (non-hydrogen) atoms. The van der Waals surface area contributed by atoms with E-state index >= 15 is 0 Å². The highest BCUT2D eigenvalue weighted by atomic mass is 16.4. The van der Waals surface area contributed by atoms with Crippen LogP contribution in [0.2, 0.25) is 0 Å². The van der Waals surface area contributed by atoms with Crippen LogP contribution >= 0.6 is 0 Å². The van der Waals surface area contributed by atoms with Gasteiger partial charge in [0, 0.05) is 18.8 Å². The molecule has 0 amide bonds. The molecule has 0 bridgehead atoms. The first kappa shape index (κ1) is 15.3. The molecule has 0 unspecified atom stereocenters. The van der Waals surface area contributed by atoms with Crippen LogP contribution in [0, 0.1) is 0 Å². The van der Waals surface area contributed by atoms with Gasteiger partial charge >= 0.3 is 5.97 Å². The Kier molecular flexibility index (Phi) is 4.80. The van der Waals surface area contributed by atoms with E-state index in [-0.39, 0.29) is 5.69 Å². The zero-order valence-corrected chi connectivity index (χ0v) is 12.7. The SMILES string of the molecule is CC(C)N(C)CCCNc1nc2ccccn2c1C(=O)O. The molecule has 0 atom stereocenters. The number of fused-ring (bicyclic) bond motifs is 1. The summed E-state index contributed by atoms with van der Waals surface area (Å²) < 4.78 is 1.59. The second kappa shape index (κ2) is 6.58. The Morgan fingerprint density at radius 3 is 2.90 bits per heavy atom. The fourth-order valence-electron chi connectivity index (χ4n) is 2.12. The van der Waals surface area contributed by atoms with Crippen molar-refractivity contribution in [2.45, 2.75) is 26.3 Å². The van der Waals surface area contributed by atoms with Crippen LogP contribution in [0.25, 0.3) is 5.65 Å². The van der Waals surface area contributed by atoms with Gasteiger partial charge in [0.2, 0.25) is 0 Å². The maximum atomic E-state index is 11.4. The minimum absolute atomic E-state index is 0.183. The van der Waals surface area contributed by atoms with Crippen LogP contribution in [0.1, 0.15) is 30.8 Å². The summed E-state index contributed by atoms with van der Waals surface area (Å²) in [5.41, 5.74) is 0.819. The molecule has 0 aliphatic heterocycles. The van der Waals surface area contributed by atoms with Crippen LogP contribution in [0.4, 0.5) is 5.82 Å². The molecule has 0 saturated heterocycles. The van der Waals surface area contributed by atoms with E-state index in [4.69, 9.17) is 0 Å². The van der Waals surface area contributed by atoms with E-state index in [1.165, 1.54) is 0 Å². The van der Waals surface area contributed by atoms with Crippen molar-refractivity contribution >= 4 is 17.4 Å². The maximum Gasteiger partial charge on any atom is 0.356 e. The minimum atomic E-state index is -0.976. The highest BCUT2D eigenvalue weighted by Crippen LogP contribution is 2.17. The molecule has 0 fully saturated rings. The van der Waals surface area contributed by atoms with E-state index in [1.54, 1.807) is 22.7 Å². The average Bonchev–Trinajstić information content (AvgIpc) is 2.81. The van der Waals surface area contributed by atoms with Gasteiger partial charge in [0.05, 0.1) is 0 Å². The largest absolute Gasteiger partial charge is 0.476 e. The topological polar surface area (TPSA) is 69.9 Å². The van der Waals surface area contributed by atoms with Crippen molar-refractivity contribution in [3.63, 3.8) is 0 Å². The summed E-state index contributed by atoms with van der Waals surface area (Å²) in [7, 11) is 2.08. The van der Waals surface area contributed by atoms with Gasteiger partial charge in [-0.05, 0) is 46.0 Å². The van der Waals surface area contributed by atoms with Gasteiger partial charge in [0.15, 0.2) is 11.5 Å². The molecule has 2 rings (SSSR count). The Labute approximate surface area is 124 Å². The van der Waals surface area contributed by atoms with Crippen molar-refractivity contribution in [3.05, 3.63) is 30.1 Å². The summed E-state index contributed by atoms with van der Waals surface area (Å²) in [6.45, 7) is 5.96. The van der Waals surface area contributed by atoms with Gasteiger partial charge in [0.25, 0.3) is 0 Å². The smallest absolute Gasteiger partial charge is 0.356 e. The third kappa shape index (κ3) is 3.52. The molecule has 0 aliphatic carbocycles. The summed E-state index contributed by atoms with van der Waals surface area (Å²) in [5.74, 6) is -0.545. The number of carbonyl (C=O) groups is 1. The lowest BCUT2D eigenvalue weighted by molar-refractivity contribution is 0.0690. The molecule has 6 heteroatoms. The number of pyridine rings is 1. The molecule has 0 spiro atoms. The number of hydrogen-bond acceptors (Lipinski definition) is 4. The van der Waals surface area contributed by atoms with Crippen molar-refractivity contribution in [3.8, 4) is 0 Å². The second-order valence-corrected chi connectivity index (χ2v) is 5.40. The monoisotopic (exact) mass is 290 g/mol. The number of aromatic nitrogens is 2. The molecular formula is C15H22N4O2. The number of rotatable bonds is 7. The van der Waals surface area contributed by atoms with Gasteiger partial charge in [-0.25, -0.2) is 9.78 Å². The molecule has 2 aromatic heterocycles. The zero-order chi connectivity index (χ0) is 15.4. The quantitative estimate of drug-likeness (QED) is 0.765. The fraction of sp³-hybridized carbons (Fsp3) is 0.467. The van der Waals surface area contributed by atoms with E-state index < -0.39 is 5.97 Å². The number of aromatic carboxylic acids is 1. The molecule has 2 N–H and O–H groups in total. The Bertz CT molecular complexity index is 621. The normalized spacial score (nSPS) is 11.5. The lowest BCUT2D eigenvalue weighted by Crippen LogP contribution is -2.28. The number of carboxylic acid groups (broad SMARTS) is 1. The molecule has 6 nitrogen and oxygen atoms in total. The highest BCUT2D eigenvalue weighted by molar-refractivity contribution is 5.92. The van der Waals surface area contributed by atoms with Crippen LogP contribution in [0.5, 0.6) is 0 Å². The molecule has 2 aromatic rings. The Morgan fingerprint density at radius 1 is 1.48 bits per heavy atom. The molecule has 2 heterocycles. The number of nitrogens with one attached hydrogen (secondary N) is 1. The summed E-state index contributed by atoms with van der Waals surface area (Å²) in [4.78, 5) is 18.0. The number of imidazole rings is 1. The molecule has 0 radical (unpaired) electrons. The van der Waals surface area contributed by atoms with Gasteiger partial charge in [-0.15, -0.1) is 0 Å². The average molecular weight is 290 g/mol. The number of anilines is 1. The van der Waals surface area contributed by atoms with Gasteiger partial charge in [0.1, 0.15) is 5.65 Å². The molecule has 0 saturated carbocycles. The summed E-state index contributed by atoms with van der Waals surface area (Å²) >= 11 is 0. The fourth-order valence-corrected chi connectivity index (χ4v) is 2.12. The molecule has 0 aliphatic rings. The summed E-state index contributed by atoms with van der Waals surface area (Å²) in [6, 6.07) is 5.94. The van der Waals surface area contributed by atoms with Gasteiger partial charge < -0.3 is 15.3 Å². The number of carboxylic acids is 1. The van der Waals surface area contributed by atoms with E-state index in [0.717, 1.165) is 13.0 Å². The first-order valence-corrected chi connectivity index (χ1v) is 7.15. The van der Waals surface area contributed by atoms with Crippen molar-refractivity contribution < 1.29 is 9.90 Å². The van der Waals surface area contributed by atoms with Crippen LogP contribution in [0.3, 0.4) is 0 Å². The Balaban J connectivity index is 2.05. The van der Waals surface area contributed by atoms with Crippen molar-refractivity contribution in [2.75, 3.05) is 25.5 Å². The van der Waals surface area contributed by atoms with Crippen LogP contribution in [-0.2, 0) is 0 Å².